The van der Waals surface area contributed by atoms with Crippen LogP contribution in [0.25, 0.3) is 22.3 Å². The lowest BCUT2D eigenvalue weighted by atomic mass is 9.94. The van der Waals surface area contributed by atoms with Crippen LogP contribution >= 0.6 is 0 Å². The van der Waals surface area contributed by atoms with Gasteiger partial charge in [0, 0.05) is 5.56 Å². The Bertz CT molecular complexity index is 904. The summed E-state index contributed by atoms with van der Waals surface area (Å²) < 4.78 is 36.2. The molecule has 3 aromatic carbocycles. The smallest absolute Gasteiger partial charge is 0.361 e. The first kappa shape index (κ1) is 15.3. The highest BCUT2D eigenvalue weighted by Gasteiger charge is 2.17. The minimum absolute atomic E-state index is 0.0834. The first-order valence-electron chi connectivity index (χ1n) is 6.95. The second kappa shape index (κ2) is 6.24. The average molecular weight is 326 g/mol. The Balaban J connectivity index is 2.27. The van der Waals surface area contributed by atoms with E-state index >= 15 is 0 Å². The lowest BCUT2D eigenvalue weighted by Crippen LogP contribution is -2.07. The van der Waals surface area contributed by atoms with Gasteiger partial charge >= 0.3 is 10.4 Å². The van der Waals surface area contributed by atoms with Gasteiger partial charge in [-0.05, 0) is 22.8 Å². The zero-order chi connectivity index (χ0) is 16.3. The Kier molecular flexibility index (Phi) is 4.14. The standard InChI is InChI=1S/C18H14O4S/c19-23(20,21)22-17-13-7-12-16(14-8-3-1-4-9-14)18(17)15-10-5-2-6-11-15/h1-13H,(H,19,20,21). The highest BCUT2D eigenvalue weighted by Crippen LogP contribution is 2.39. The Hall–Kier alpha value is -2.63. The van der Waals surface area contributed by atoms with Crippen LogP contribution in [0.1, 0.15) is 0 Å². The van der Waals surface area contributed by atoms with Gasteiger partial charge in [-0.25, -0.2) is 0 Å². The summed E-state index contributed by atoms with van der Waals surface area (Å²) in [5.74, 6) is 0.0834. The summed E-state index contributed by atoms with van der Waals surface area (Å²) in [4.78, 5) is 0. The van der Waals surface area contributed by atoms with Gasteiger partial charge in [-0.15, -0.1) is 0 Å². The summed E-state index contributed by atoms with van der Waals surface area (Å²) in [6.45, 7) is 0. The van der Waals surface area contributed by atoms with E-state index in [1.54, 1.807) is 6.07 Å². The van der Waals surface area contributed by atoms with Gasteiger partial charge in [0.05, 0.1) is 0 Å². The summed E-state index contributed by atoms with van der Waals surface area (Å²) in [6.07, 6.45) is 0. The third kappa shape index (κ3) is 3.59. The van der Waals surface area contributed by atoms with Crippen molar-refractivity contribution in [1.82, 2.24) is 0 Å². The lowest BCUT2D eigenvalue weighted by molar-refractivity contribution is 0.387. The van der Waals surface area contributed by atoms with Crippen molar-refractivity contribution in [2.45, 2.75) is 0 Å². The monoisotopic (exact) mass is 326 g/mol. The Morgan fingerprint density at radius 1 is 0.696 bits per heavy atom. The molecule has 0 amide bonds. The van der Waals surface area contributed by atoms with Gasteiger partial charge < -0.3 is 4.18 Å². The van der Waals surface area contributed by atoms with Gasteiger partial charge in [0.1, 0.15) is 0 Å². The maximum absolute atomic E-state index is 11.2. The van der Waals surface area contributed by atoms with E-state index in [1.165, 1.54) is 6.07 Å². The molecule has 0 saturated heterocycles. The molecule has 0 aliphatic rings. The van der Waals surface area contributed by atoms with Gasteiger partial charge in [-0.1, -0.05) is 72.8 Å². The molecule has 4 nitrogen and oxygen atoms in total. The van der Waals surface area contributed by atoms with Crippen molar-refractivity contribution in [3.05, 3.63) is 78.9 Å². The molecule has 0 heterocycles. The predicted molar refractivity (Wildman–Crippen MR) is 89.5 cm³/mol. The first-order valence-corrected chi connectivity index (χ1v) is 8.32. The molecule has 0 aromatic heterocycles. The summed E-state index contributed by atoms with van der Waals surface area (Å²) in [5, 5.41) is 0. The third-order valence-electron chi connectivity index (χ3n) is 3.37. The zero-order valence-corrected chi connectivity index (χ0v) is 12.9. The van der Waals surface area contributed by atoms with E-state index in [2.05, 4.69) is 0 Å². The van der Waals surface area contributed by atoms with Crippen LogP contribution in [0.5, 0.6) is 5.75 Å². The maximum Gasteiger partial charge on any atom is 0.446 e. The van der Waals surface area contributed by atoms with Crippen molar-refractivity contribution in [3.63, 3.8) is 0 Å². The van der Waals surface area contributed by atoms with Gasteiger partial charge in [0.25, 0.3) is 0 Å². The Morgan fingerprint density at radius 3 is 1.83 bits per heavy atom. The molecule has 0 aliphatic carbocycles. The summed E-state index contributed by atoms with van der Waals surface area (Å²) in [5.41, 5.74) is 3.15. The molecule has 0 bridgehead atoms. The highest BCUT2D eigenvalue weighted by atomic mass is 32.3. The van der Waals surface area contributed by atoms with Crippen molar-refractivity contribution >= 4 is 10.4 Å². The van der Waals surface area contributed by atoms with E-state index in [0.717, 1.165) is 16.7 Å². The average Bonchev–Trinajstić information content (AvgIpc) is 2.55. The van der Waals surface area contributed by atoms with Crippen LogP contribution < -0.4 is 4.18 Å². The predicted octanol–water partition coefficient (Wildman–Crippen LogP) is 4.20. The Morgan fingerprint density at radius 2 is 1.26 bits per heavy atom. The summed E-state index contributed by atoms with van der Waals surface area (Å²) in [6, 6.07) is 24.0. The fraction of sp³-hybridized carbons (Fsp3) is 0. The van der Waals surface area contributed by atoms with E-state index < -0.39 is 10.4 Å². The van der Waals surface area contributed by atoms with Crippen molar-refractivity contribution in [1.29, 1.82) is 0 Å². The van der Waals surface area contributed by atoms with Crippen LogP contribution in [0.3, 0.4) is 0 Å². The molecule has 0 radical (unpaired) electrons. The topological polar surface area (TPSA) is 63.6 Å². The minimum atomic E-state index is -4.61. The van der Waals surface area contributed by atoms with Crippen molar-refractivity contribution in [2.24, 2.45) is 0 Å². The molecule has 5 heteroatoms. The van der Waals surface area contributed by atoms with Gasteiger partial charge in [0.15, 0.2) is 5.75 Å². The second-order valence-electron chi connectivity index (χ2n) is 4.92. The number of hydrogen-bond donors (Lipinski definition) is 1. The van der Waals surface area contributed by atoms with Gasteiger partial charge in [-0.3, -0.25) is 4.55 Å². The van der Waals surface area contributed by atoms with E-state index in [4.69, 9.17) is 8.74 Å². The fourth-order valence-electron chi connectivity index (χ4n) is 2.47. The van der Waals surface area contributed by atoms with Crippen LogP contribution in [-0.2, 0) is 10.4 Å². The minimum Gasteiger partial charge on any atom is -0.361 e. The van der Waals surface area contributed by atoms with Gasteiger partial charge in [-0.2, -0.15) is 8.42 Å². The van der Waals surface area contributed by atoms with Crippen molar-refractivity contribution in [3.8, 4) is 28.0 Å². The molecule has 0 saturated carbocycles. The molecule has 23 heavy (non-hydrogen) atoms. The van der Waals surface area contributed by atoms with Crippen LogP contribution in [0, 0.1) is 0 Å². The number of hydrogen-bond acceptors (Lipinski definition) is 3. The van der Waals surface area contributed by atoms with Crippen LogP contribution in [-0.4, -0.2) is 13.0 Å². The summed E-state index contributed by atoms with van der Waals surface area (Å²) >= 11 is 0. The van der Waals surface area contributed by atoms with Crippen LogP contribution in [0.2, 0.25) is 0 Å². The molecule has 0 atom stereocenters. The quantitative estimate of drug-likeness (QED) is 0.730. The zero-order valence-electron chi connectivity index (χ0n) is 12.1. The largest absolute Gasteiger partial charge is 0.446 e. The van der Waals surface area contributed by atoms with Crippen molar-refractivity contribution in [2.75, 3.05) is 0 Å². The SMILES string of the molecule is O=S(=O)(O)Oc1cccc(-c2ccccc2)c1-c1ccccc1. The van der Waals surface area contributed by atoms with E-state index in [1.807, 2.05) is 66.7 Å². The second-order valence-corrected chi connectivity index (χ2v) is 5.94. The molecule has 3 rings (SSSR count). The molecule has 116 valence electrons. The van der Waals surface area contributed by atoms with Crippen molar-refractivity contribution < 1.29 is 17.2 Å². The highest BCUT2D eigenvalue weighted by molar-refractivity contribution is 7.81. The molecule has 0 unspecified atom stereocenters. The van der Waals surface area contributed by atoms with E-state index in [-0.39, 0.29) is 5.75 Å². The molecule has 0 spiro atoms. The molecule has 0 aliphatic heterocycles. The number of rotatable bonds is 4. The van der Waals surface area contributed by atoms with Crippen LogP contribution in [0.4, 0.5) is 0 Å². The maximum atomic E-state index is 11.2. The first-order chi connectivity index (χ1) is 11.0. The third-order valence-corrected chi connectivity index (χ3v) is 3.76. The molecule has 1 N–H and O–H groups in total. The van der Waals surface area contributed by atoms with Gasteiger partial charge in [0.2, 0.25) is 0 Å². The molecule has 0 fully saturated rings. The molecular weight excluding hydrogens is 312 g/mol. The van der Waals surface area contributed by atoms with E-state index in [9.17, 15) is 8.42 Å². The number of benzene rings is 3. The fourth-order valence-corrected chi connectivity index (χ4v) is 2.84. The summed E-state index contributed by atoms with van der Waals surface area (Å²) in [7, 11) is -4.61. The molecular formula is C18H14O4S. The normalized spacial score (nSPS) is 11.2. The van der Waals surface area contributed by atoms with Crippen LogP contribution in [0.15, 0.2) is 78.9 Å². The Labute approximate surface area is 134 Å². The molecule has 3 aromatic rings. The lowest BCUT2D eigenvalue weighted by Gasteiger charge is -2.14. The van der Waals surface area contributed by atoms with E-state index in [0.29, 0.717) is 5.56 Å².